The second kappa shape index (κ2) is 9.31. The smallest absolute Gasteiger partial charge is 0.276 e. The molecule has 0 aliphatic carbocycles. The summed E-state index contributed by atoms with van der Waals surface area (Å²) < 4.78 is 16.1. The third kappa shape index (κ3) is 4.88. The predicted molar refractivity (Wildman–Crippen MR) is 96.1 cm³/mol. The van der Waals surface area contributed by atoms with Crippen LogP contribution in [0.15, 0.2) is 27.8 Å². The van der Waals surface area contributed by atoms with Gasteiger partial charge in [0.05, 0.1) is 14.2 Å². The zero-order valence-corrected chi connectivity index (χ0v) is 15.8. The van der Waals surface area contributed by atoms with Gasteiger partial charge in [-0.15, -0.1) is 10.2 Å². The van der Waals surface area contributed by atoms with Gasteiger partial charge in [-0.05, 0) is 32.0 Å². The highest BCUT2D eigenvalue weighted by atomic mass is 32.2. The number of carbonyl (C=O) groups is 1. The van der Waals surface area contributed by atoms with Gasteiger partial charge in [0.15, 0.2) is 11.5 Å². The average Bonchev–Trinajstić information content (AvgIpc) is 3.11. The van der Waals surface area contributed by atoms with Crippen LogP contribution in [0.1, 0.15) is 20.3 Å². The number of benzene rings is 1. The fourth-order valence-electron chi connectivity index (χ4n) is 2.31. The number of rotatable bonds is 9. The summed E-state index contributed by atoms with van der Waals surface area (Å²) in [6.07, 6.45) is 0.445. The molecule has 1 aromatic carbocycles. The van der Waals surface area contributed by atoms with Crippen molar-refractivity contribution in [2.75, 3.05) is 33.1 Å². The van der Waals surface area contributed by atoms with Crippen LogP contribution in [0.25, 0.3) is 11.5 Å². The Morgan fingerprint density at radius 3 is 2.52 bits per heavy atom. The average molecular weight is 365 g/mol. The highest BCUT2D eigenvalue weighted by Crippen LogP contribution is 2.32. The number of ether oxygens (including phenoxy) is 2. The van der Waals surface area contributed by atoms with E-state index in [-0.39, 0.29) is 5.91 Å². The van der Waals surface area contributed by atoms with Crippen molar-refractivity contribution in [1.82, 2.24) is 15.1 Å². The number of nitrogens with zero attached hydrogens (tertiary/aromatic N) is 3. The normalized spacial score (nSPS) is 10.6. The van der Waals surface area contributed by atoms with Crippen molar-refractivity contribution in [2.45, 2.75) is 25.5 Å². The van der Waals surface area contributed by atoms with E-state index in [2.05, 4.69) is 10.2 Å². The molecule has 0 saturated heterocycles. The number of methoxy groups -OCH3 is 2. The molecule has 0 aliphatic rings. The molecule has 1 heterocycles. The minimum atomic E-state index is 0.136. The molecule has 0 N–H and O–H groups in total. The number of thioether (sulfide) groups is 1. The highest BCUT2D eigenvalue weighted by Gasteiger charge is 2.14. The Bertz CT molecular complexity index is 701. The van der Waals surface area contributed by atoms with Crippen LogP contribution in [0.2, 0.25) is 0 Å². The molecule has 0 spiro atoms. The van der Waals surface area contributed by atoms with Crippen LogP contribution in [0.4, 0.5) is 0 Å². The Hall–Kier alpha value is -2.22. The van der Waals surface area contributed by atoms with Gasteiger partial charge in [0.2, 0.25) is 11.8 Å². The first-order chi connectivity index (χ1) is 12.1. The number of hydrogen-bond donors (Lipinski definition) is 0. The van der Waals surface area contributed by atoms with E-state index < -0.39 is 0 Å². The van der Waals surface area contributed by atoms with E-state index in [0.717, 1.165) is 18.7 Å². The fraction of sp³-hybridized carbons (Fsp3) is 0.471. The molecule has 25 heavy (non-hydrogen) atoms. The summed E-state index contributed by atoms with van der Waals surface area (Å²) >= 11 is 1.38. The van der Waals surface area contributed by atoms with Crippen molar-refractivity contribution >= 4 is 17.7 Å². The fourth-order valence-corrected chi connectivity index (χ4v) is 3.00. The maximum absolute atomic E-state index is 12.0. The van der Waals surface area contributed by atoms with E-state index in [9.17, 15) is 4.79 Å². The zero-order valence-electron chi connectivity index (χ0n) is 14.9. The topological polar surface area (TPSA) is 77.7 Å². The lowest BCUT2D eigenvalue weighted by molar-refractivity contribution is -0.130. The zero-order chi connectivity index (χ0) is 18.2. The lowest BCUT2D eigenvalue weighted by Crippen LogP contribution is -2.30. The summed E-state index contributed by atoms with van der Waals surface area (Å²) in [4.78, 5) is 13.8. The molecule has 8 heteroatoms. The first-order valence-electron chi connectivity index (χ1n) is 8.09. The Kier molecular flexibility index (Phi) is 7.12. The van der Waals surface area contributed by atoms with Gasteiger partial charge in [-0.25, -0.2) is 0 Å². The Labute approximate surface area is 151 Å². The van der Waals surface area contributed by atoms with Gasteiger partial charge in [0.1, 0.15) is 0 Å². The number of aromatic nitrogens is 2. The van der Waals surface area contributed by atoms with Gasteiger partial charge >= 0.3 is 0 Å². The van der Waals surface area contributed by atoms with Crippen LogP contribution < -0.4 is 9.47 Å². The Morgan fingerprint density at radius 1 is 1.16 bits per heavy atom. The van der Waals surface area contributed by atoms with Gasteiger partial charge in [-0.1, -0.05) is 11.8 Å². The standard InChI is InChI=1S/C17H23N3O4S/c1-5-20(6-2)15(21)9-10-25-17-19-18-16(24-17)12-7-8-13(22-3)14(11-12)23-4/h7-8,11H,5-6,9-10H2,1-4H3. The Morgan fingerprint density at radius 2 is 1.88 bits per heavy atom. The second-order valence-corrected chi connectivity index (χ2v) is 6.15. The van der Waals surface area contributed by atoms with Crippen molar-refractivity contribution < 1.29 is 18.7 Å². The second-order valence-electron chi connectivity index (χ2n) is 5.11. The maximum atomic E-state index is 12.0. The summed E-state index contributed by atoms with van der Waals surface area (Å²) in [5, 5.41) is 8.52. The van der Waals surface area contributed by atoms with Gasteiger partial charge in [-0.3, -0.25) is 4.79 Å². The number of amides is 1. The summed E-state index contributed by atoms with van der Waals surface area (Å²) in [5.74, 6) is 2.37. The molecule has 0 aliphatic heterocycles. The quantitative estimate of drug-likeness (QED) is 0.632. The van der Waals surface area contributed by atoms with Gasteiger partial charge < -0.3 is 18.8 Å². The van der Waals surface area contributed by atoms with Gasteiger partial charge in [0.25, 0.3) is 5.22 Å². The minimum absolute atomic E-state index is 0.136. The molecular weight excluding hydrogens is 342 g/mol. The van der Waals surface area contributed by atoms with Crippen LogP contribution in [-0.4, -0.2) is 54.1 Å². The van der Waals surface area contributed by atoms with E-state index in [1.807, 2.05) is 24.8 Å². The largest absolute Gasteiger partial charge is 0.493 e. The molecule has 136 valence electrons. The van der Waals surface area contributed by atoms with E-state index >= 15 is 0 Å². The van der Waals surface area contributed by atoms with Crippen molar-refractivity contribution in [3.63, 3.8) is 0 Å². The van der Waals surface area contributed by atoms with E-state index in [1.165, 1.54) is 11.8 Å². The third-order valence-corrected chi connectivity index (χ3v) is 4.51. The van der Waals surface area contributed by atoms with Crippen molar-refractivity contribution in [2.24, 2.45) is 0 Å². The molecule has 2 aromatic rings. The molecule has 0 atom stereocenters. The molecule has 0 bridgehead atoms. The lowest BCUT2D eigenvalue weighted by Gasteiger charge is -2.17. The van der Waals surface area contributed by atoms with Crippen molar-refractivity contribution in [3.8, 4) is 23.0 Å². The van der Waals surface area contributed by atoms with Crippen LogP contribution in [0.3, 0.4) is 0 Å². The van der Waals surface area contributed by atoms with E-state index in [1.54, 1.807) is 26.4 Å². The van der Waals surface area contributed by atoms with Crippen molar-refractivity contribution in [3.05, 3.63) is 18.2 Å². The molecule has 7 nitrogen and oxygen atoms in total. The van der Waals surface area contributed by atoms with Crippen LogP contribution in [-0.2, 0) is 4.79 Å². The lowest BCUT2D eigenvalue weighted by atomic mass is 10.2. The molecule has 2 rings (SSSR count). The summed E-state index contributed by atoms with van der Waals surface area (Å²) in [6, 6.07) is 5.39. The van der Waals surface area contributed by atoms with E-state index in [0.29, 0.717) is 34.8 Å². The first kappa shape index (κ1) is 19.1. The SMILES string of the molecule is CCN(CC)C(=O)CCSc1nnc(-c2ccc(OC)c(OC)c2)o1. The van der Waals surface area contributed by atoms with Crippen LogP contribution in [0.5, 0.6) is 11.5 Å². The number of carbonyl (C=O) groups excluding carboxylic acids is 1. The van der Waals surface area contributed by atoms with E-state index in [4.69, 9.17) is 13.9 Å². The summed E-state index contributed by atoms with van der Waals surface area (Å²) in [7, 11) is 3.15. The molecule has 1 amide bonds. The maximum Gasteiger partial charge on any atom is 0.276 e. The molecular formula is C17H23N3O4S. The van der Waals surface area contributed by atoms with Gasteiger partial charge in [0, 0.05) is 30.8 Å². The third-order valence-electron chi connectivity index (χ3n) is 3.69. The summed E-state index contributed by atoms with van der Waals surface area (Å²) in [6.45, 7) is 5.40. The Balaban J connectivity index is 1.97. The minimum Gasteiger partial charge on any atom is -0.493 e. The summed E-state index contributed by atoms with van der Waals surface area (Å²) in [5.41, 5.74) is 0.746. The molecule has 1 aromatic heterocycles. The molecule has 0 saturated carbocycles. The number of hydrogen-bond acceptors (Lipinski definition) is 7. The van der Waals surface area contributed by atoms with Gasteiger partial charge in [-0.2, -0.15) is 0 Å². The van der Waals surface area contributed by atoms with Crippen LogP contribution >= 0.6 is 11.8 Å². The molecule has 0 radical (unpaired) electrons. The highest BCUT2D eigenvalue weighted by molar-refractivity contribution is 7.99. The predicted octanol–water partition coefficient (Wildman–Crippen LogP) is 3.10. The first-order valence-corrected chi connectivity index (χ1v) is 9.07. The van der Waals surface area contributed by atoms with Crippen LogP contribution in [0, 0.1) is 0 Å². The molecule has 0 unspecified atom stereocenters. The monoisotopic (exact) mass is 365 g/mol. The van der Waals surface area contributed by atoms with Crippen molar-refractivity contribution in [1.29, 1.82) is 0 Å². The molecule has 0 fully saturated rings.